The van der Waals surface area contributed by atoms with Crippen LogP contribution >= 0.6 is 0 Å². The normalized spacial score (nSPS) is 14.2. The summed E-state index contributed by atoms with van der Waals surface area (Å²) in [7, 11) is 0. The van der Waals surface area contributed by atoms with Crippen LogP contribution in [0.4, 0.5) is 15.9 Å². The van der Waals surface area contributed by atoms with E-state index in [1.807, 2.05) is 12.1 Å². The first-order valence-corrected chi connectivity index (χ1v) is 10.5. The Morgan fingerprint density at radius 1 is 1.06 bits per heavy atom. The number of hydrogen-bond acceptors (Lipinski definition) is 5. The van der Waals surface area contributed by atoms with Crippen LogP contribution in [-0.4, -0.2) is 34.9 Å². The number of halogens is 1. The molecule has 1 aromatic carbocycles. The van der Waals surface area contributed by atoms with Gasteiger partial charge in [0.2, 0.25) is 5.91 Å². The Labute approximate surface area is 185 Å². The van der Waals surface area contributed by atoms with Gasteiger partial charge in [-0.25, -0.2) is 9.37 Å². The maximum Gasteiger partial charge on any atom is 0.260 e. The third kappa shape index (κ3) is 4.91. The number of pyridine rings is 2. The van der Waals surface area contributed by atoms with Crippen LogP contribution in [0.3, 0.4) is 0 Å². The molecule has 3 heterocycles. The average Bonchev–Trinajstić information content (AvgIpc) is 2.84. The zero-order chi connectivity index (χ0) is 22.5. The van der Waals surface area contributed by atoms with Gasteiger partial charge >= 0.3 is 0 Å². The maximum absolute atomic E-state index is 13.4. The molecular weight excluding hydrogens is 409 g/mol. The summed E-state index contributed by atoms with van der Waals surface area (Å²) in [6.45, 7) is 1.72. The van der Waals surface area contributed by atoms with Gasteiger partial charge in [0, 0.05) is 43.3 Å². The number of carbonyl (C=O) groups excluding carboxylic acids is 2. The molecule has 2 amide bonds. The molecule has 32 heavy (non-hydrogen) atoms. The van der Waals surface area contributed by atoms with Gasteiger partial charge in [0.1, 0.15) is 11.6 Å². The third-order valence-corrected chi connectivity index (χ3v) is 5.66. The molecule has 0 unspecified atom stereocenters. The van der Waals surface area contributed by atoms with Crippen LogP contribution in [0.25, 0.3) is 0 Å². The van der Waals surface area contributed by atoms with Crippen LogP contribution in [-0.2, 0) is 11.3 Å². The van der Waals surface area contributed by atoms with Crippen molar-refractivity contribution in [2.75, 3.05) is 22.9 Å². The lowest BCUT2D eigenvalue weighted by molar-refractivity contribution is -0.122. The Bertz CT molecular complexity index is 1070. The fourth-order valence-corrected chi connectivity index (χ4v) is 3.82. The zero-order valence-corrected chi connectivity index (χ0v) is 17.5. The number of nitrogens with zero attached hydrogens (tertiary/aromatic N) is 4. The molecule has 3 aromatic rings. The van der Waals surface area contributed by atoms with Crippen LogP contribution in [0.15, 0.2) is 67.1 Å². The zero-order valence-electron chi connectivity index (χ0n) is 17.5. The Hall–Kier alpha value is -3.81. The highest BCUT2D eigenvalue weighted by molar-refractivity contribution is 6.05. The van der Waals surface area contributed by atoms with E-state index in [0.29, 0.717) is 11.3 Å². The number of amides is 2. The van der Waals surface area contributed by atoms with Crippen molar-refractivity contribution in [1.29, 1.82) is 0 Å². The van der Waals surface area contributed by atoms with Gasteiger partial charge in [-0.1, -0.05) is 6.07 Å². The number of rotatable bonds is 6. The molecule has 0 radical (unpaired) electrons. The minimum Gasteiger partial charge on any atom is -0.369 e. The molecule has 0 saturated carbocycles. The number of anilines is 2. The summed E-state index contributed by atoms with van der Waals surface area (Å²) in [4.78, 5) is 36.8. The molecular formula is C24H24FN5O2. The summed E-state index contributed by atoms with van der Waals surface area (Å²) in [5.41, 5.74) is 7.27. The van der Waals surface area contributed by atoms with Crippen LogP contribution < -0.4 is 15.5 Å². The first-order valence-electron chi connectivity index (χ1n) is 10.5. The maximum atomic E-state index is 13.4. The van der Waals surface area contributed by atoms with E-state index in [9.17, 15) is 14.0 Å². The second-order valence-electron chi connectivity index (χ2n) is 7.80. The van der Waals surface area contributed by atoms with E-state index in [1.54, 1.807) is 41.6 Å². The lowest BCUT2D eigenvalue weighted by atomic mass is 9.96. The molecule has 7 nitrogen and oxygen atoms in total. The van der Waals surface area contributed by atoms with Gasteiger partial charge in [-0.3, -0.25) is 14.6 Å². The topological polar surface area (TPSA) is 92.4 Å². The minimum atomic E-state index is -0.367. The molecule has 2 N–H and O–H groups in total. The van der Waals surface area contributed by atoms with E-state index in [0.717, 1.165) is 37.3 Å². The molecule has 0 spiro atoms. The van der Waals surface area contributed by atoms with Gasteiger partial charge in [0.25, 0.3) is 5.91 Å². The van der Waals surface area contributed by atoms with Crippen molar-refractivity contribution in [3.05, 3.63) is 84.1 Å². The van der Waals surface area contributed by atoms with Crippen LogP contribution in [0.5, 0.6) is 0 Å². The molecule has 1 aliphatic rings. The Morgan fingerprint density at radius 3 is 2.41 bits per heavy atom. The van der Waals surface area contributed by atoms with E-state index < -0.39 is 0 Å². The smallest absolute Gasteiger partial charge is 0.260 e. The molecule has 0 bridgehead atoms. The fourth-order valence-electron chi connectivity index (χ4n) is 3.82. The van der Waals surface area contributed by atoms with E-state index in [-0.39, 0.29) is 30.1 Å². The highest BCUT2D eigenvalue weighted by atomic mass is 19.1. The largest absolute Gasteiger partial charge is 0.369 e. The number of aromatic nitrogens is 2. The van der Waals surface area contributed by atoms with Gasteiger partial charge in [0.05, 0.1) is 12.1 Å². The molecule has 0 atom stereocenters. The summed E-state index contributed by atoms with van der Waals surface area (Å²) < 4.78 is 13.4. The van der Waals surface area contributed by atoms with Crippen LogP contribution in [0, 0.1) is 11.7 Å². The molecule has 0 aliphatic carbocycles. The summed E-state index contributed by atoms with van der Waals surface area (Å²) in [6, 6.07) is 13.1. The quantitative estimate of drug-likeness (QED) is 0.645. The first kappa shape index (κ1) is 21.4. The average molecular weight is 433 g/mol. The third-order valence-electron chi connectivity index (χ3n) is 5.66. The van der Waals surface area contributed by atoms with Crippen molar-refractivity contribution in [2.24, 2.45) is 11.7 Å². The number of piperidine rings is 1. The van der Waals surface area contributed by atoms with Crippen molar-refractivity contribution in [3.63, 3.8) is 0 Å². The Morgan fingerprint density at radius 2 is 1.81 bits per heavy atom. The van der Waals surface area contributed by atoms with Gasteiger partial charge in [-0.05, 0) is 60.9 Å². The predicted molar refractivity (Wildman–Crippen MR) is 120 cm³/mol. The van der Waals surface area contributed by atoms with E-state index in [2.05, 4.69) is 14.9 Å². The fraction of sp³-hybridized carbons (Fsp3) is 0.250. The first-order chi connectivity index (χ1) is 15.5. The molecule has 1 aliphatic heterocycles. The number of nitrogens with two attached hydrogens (primary N) is 1. The monoisotopic (exact) mass is 433 g/mol. The van der Waals surface area contributed by atoms with Gasteiger partial charge in [-0.15, -0.1) is 0 Å². The van der Waals surface area contributed by atoms with E-state index in [4.69, 9.17) is 5.73 Å². The lowest BCUT2D eigenvalue weighted by Crippen LogP contribution is -2.38. The highest BCUT2D eigenvalue weighted by Crippen LogP contribution is 2.24. The molecule has 8 heteroatoms. The summed E-state index contributed by atoms with van der Waals surface area (Å²) in [5.74, 6) is -0.0973. The number of carbonyl (C=O) groups is 2. The molecule has 4 rings (SSSR count). The van der Waals surface area contributed by atoms with Crippen molar-refractivity contribution in [2.45, 2.75) is 19.4 Å². The van der Waals surface area contributed by atoms with E-state index >= 15 is 0 Å². The van der Waals surface area contributed by atoms with Crippen molar-refractivity contribution >= 4 is 23.3 Å². The molecule has 164 valence electrons. The van der Waals surface area contributed by atoms with Crippen molar-refractivity contribution < 1.29 is 14.0 Å². The second-order valence-corrected chi connectivity index (χ2v) is 7.80. The highest BCUT2D eigenvalue weighted by Gasteiger charge is 2.24. The number of hydrogen-bond donors (Lipinski definition) is 1. The minimum absolute atomic E-state index is 0.0757. The standard InChI is InChI=1S/C24H24FN5O2/c25-20-4-6-21(7-5-20)30(24(32)19-2-1-11-27-15-19)16-17-3-8-22(28-14-17)29-12-9-18(10-13-29)23(26)31/h1-8,11,14-15,18H,9-10,12-13,16H2,(H2,26,31). The van der Waals surface area contributed by atoms with Crippen LogP contribution in [0.2, 0.25) is 0 Å². The summed E-state index contributed by atoms with van der Waals surface area (Å²) in [6.07, 6.45) is 6.29. The molecule has 1 saturated heterocycles. The van der Waals surface area contributed by atoms with Crippen LogP contribution in [0.1, 0.15) is 28.8 Å². The Balaban J connectivity index is 1.51. The SMILES string of the molecule is NC(=O)C1CCN(c2ccc(CN(C(=O)c3cccnc3)c3ccc(F)cc3)cn2)CC1. The van der Waals surface area contributed by atoms with Crippen molar-refractivity contribution in [1.82, 2.24) is 9.97 Å². The van der Waals surface area contributed by atoms with Crippen molar-refractivity contribution in [3.8, 4) is 0 Å². The van der Waals surface area contributed by atoms with Gasteiger partial charge in [-0.2, -0.15) is 0 Å². The van der Waals surface area contributed by atoms with Gasteiger partial charge in [0.15, 0.2) is 0 Å². The predicted octanol–water partition coefficient (Wildman–Crippen LogP) is 3.16. The van der Waals surface area contributed by atoms with Gasteiger partial charge < -0.3 is 15.5 Å². The molecule has 1 fully saturated rings. The Kier molecular flexibility index (Phi) is 6.39. The number of benzene rings is 1. The second kappa shape index (κ2) is 9.55. The van der Waals surface area contributed by atoms with E-state index in [1.165, 1.54) is 18.3 Å². The summed E-state index contributed by atoms with van der Waals surface area (Å²) in [5, 5.41) is 0. The molecule has 2 aromatic heterocycles. The summed E-state index contributed by atoms with van der Waals surface area (Å²) >= 11 is 0. The lowest BCUT2D eigenvalue weighted by Gasteiger charge is -2.31. The number of primary amides is 1.